The predicted octanol–water partition coefficient (Wildman–Crippen LogP) is 3.68. The third-order valence-corrected chi connectivity index (χ3v) is 5.25. The maximum Gasteiger partial charge on any atom is 0.149 e. The van der Waals surface area contributed by atoms with E-state index in [1.165, 1.54) is 17.4 Å². The van der Waals surface area contributed by atoms with E-state index in [2.05, 4.69) is 63.6 Å². The Balaban J connectivity index is 1.65. The molecule has 0 saturated heterocycles. The van der Waals surface area contributed by atoms with Crippen LogP contribution in [0.25, 0.3) is 22.2 Å². The van der Waals surface area contributed by atoms with Crippen molar-refractivity contribution in [3.05, 3.63) is 42.1 Å². The molecule has 0 fully saturated rings. The van der Waals surface area contributed by atoms with Crippen LogP contribution in [0.2, 0.25) is 0 Å². The second-order valence-corrected chi connectivity index (χ2v) is 7.03. The minimum atomic E-state index is 0.659. The van der Waals surface area contributed by atoms with Crippen LogP contribution in [0.4, 0.5) is 11.5 Å². The van der Waals surface area contributed by atoms with Gasteiger partial charge >= 0.3 is 0 Å². The van der Waals surface area contributed by atoms with E-state index in [9.17, 15) is 0 Å². The van der Waals surface area contributed by atoms with Crippen molar-refractivity contribution < 1.29 is 0 Å². The maximum absolute atomic E-state index is 6.25. The average Bonchev–Trinajstić information content (AvgIpc) is 3.14. The minimum absolute atomic E-state index is 0.659. The summed E-state index contributed by atoms with van der Waals surface area (Å²) >= 11 is 0. The lowest BCUT2D eigenvalue weighted by Crippen LogP contribution is -2.27. The maximum atomic E-state index is 6.25. The Hall–Kier alpha value is -2.57. The Labute approximate surface area is 167 Å². The third kappa shape index (κ3) is 4.64. The molecule has 0 bridgehead atoms. The van der Waals surface area contributed by atoms with Gasteiger partial charge in [0.1, 0.15) is 5.82 Å². The van der Waals surface area contributed by atoms with Gasteiger partial charge in [-0.3, -0.25) is 0 Å². The number of pyridine rings is 1. The van der Waals surface area contributed by atoms with E-state index >= 15 is 0 Å². The van der Waals surface area contributed by atoms with Gasteiger partial charge in [-0.1, -0.05) is 19.9 Å². The molecule has 0 unspecified atom stereocenters. The lowest BCUT2D eigenvalue weighted by atomic mass is 10.1. The van der Waals surface area contributed by atoms with Crippen molar-refractivity contribution in [2.45, 2.75) is 26.8 Å². The lowest BCUT2D eigenvalue weighted by molar-refractivity contribution is 0.298. The molecule has 28 heavy (non-hydrogen) atoms. The summed E-state index contributed by atoms with van der Waals surface area (Å²) in [6.07, 6.45) is 2.95. The SMILES string of the molecule is CCN(CC)CCCNCc1ccc2[nH]c(-c3ccnc(NC)c3N)cc2c1. The Morgan fingerprint density at radius 3 is 2.71 bits per heavy atom. The Kier molecular flexibility index (Phi) is 6.90. The Morgan fingerprint density at radius 1 is 1.14 bits per heavy atom. The number of hydrogen-bond acceptors (Lipinski definition) is 5. The molecule has 6 heteroatoms. The molecule has 0 amide bonds. The molecule has 0 atom stereocenters. The molecule has 0 aliphatic rings. The highest BCUT2D eigenvalue weighted by atomic mass is 15.1. The molecule has 5 N–H and O–H groups in total. The van der Waals surface area contributed by atoms with Crippen molar-refractivity contribution >= 4 is 22.4 Å². The fourth-order valence-electron chi connectivity index (χ4n) is 3.54. The molecule has 6 nitrogen and oxygen atoms in total. The first kappa shape index (κ1) is 20.2. The highest BCUT2D eigenvalue weighted by molar-refractivity contribution is 5.90. The monoisotopic (exact) mass is 380 g/mol. The molecule has 150 valence electrons. The van der Waals surface area contributed by atoms with E-state index in [1.807, 2.05) is 13.1 Å². The second-order valence-electron chi connectivity index (χ2n) is 7.03. The van der Waals surface area contributed by atoms with Gasteiger partial charge in [0, 0.05) is 41.9 Å². The number of nitrogens with two attached hydrogens (primary N) is 1. The van der Waals surface area contributed by atoms with E-state index in [-0.39, 0.29) is 0 Å². The van der Waals surface area contributed by atoms with Crippen molar-refractivity contribution in [3.63, 3.8) is 0 Å². The molecule has 0 aliphatic carbocycles. The summed E-state index contributed by atoms with van der Waals surface area (Å²) in [5, 5.41) is 7.79. The summed E-state index contributed by atoms with van der Waals surface area (Å²) in [5.41, 5.74) is 11.3. The third-order valence-electron chi connectivity index (χ3n) is 5.25. The molecule has 0 saturated carbocycles. The van der Waals surface area contributed by atoms with Gasteiger partial charge in [-0.2, -0.15) is 0 Å². The van der Waals surface area contributed by atoms with Crippen molar-refractivity contribution in [2.75, 3.05) is 44.3 Å². The molecular weight excluding hydrogens is 348 g/mol. The largest absolute Gasteiger partial charge is 0.395 e. The molecule has 1 aromatic carbocycles. The number of nitrogen functional groups attached to an aromatic ring is 1. The molecule has 3 rings (SSSR count). The molecule has 2 heterocycles. The first-order valence-corrected chi connectivity index (χ1v) is 10.1. The molecule has 3 aromatic rings. The zero-order chi connectivity index (χ0) is 19.9. The van der Waals surface area contributed by atoms with Gasteiger partial charge in [-0.25, -0.2) is 4.98 Å². The zero-order valence-corrected chi connectivity index (χ0v) is 17.2. The van der Waals surface area contributed by atoms with Crippen LogP contribution in [0.15, 0.2) is 36.5 Å². The number of hydrogen-bond donors (Lipinski definition) is 4. The summed E-state index contributed by atoms with van der Waals surface area (Å²) in [6, 6.07) is 10.7. The topological polar surface area (TPSA) is 82.0 Å². The van der Waals surface area contributed by atoms with Crippen LogP contribution in [0.3, 0.4) is 0 Å². The van der Waals surface area contributed by atoms with Gasteiger partial charge < -0.3 is 26.3 Å². The summed E-state index contributed by atoms with van der Waals surface area (Å²) in [4.78, 5) is 10.2. The normalized spacial score (nSPS) is 11.4. The Bertz CT molecular complexity index is 897. The van der Waals surface area contributed by atoms with Gasteiger partial charge in [0.25, 0.3) is 0 Å². The van der Waals surface area contributed by atoms with Crippen LogP contribution in [0.5, 0.6) is 0 Å². The van der Waals surface area contributed by atoms with Crippen molar-refractivity contribution in [1.29, 1.82) is 0 Å². The molecule has 2 aromatic heterocycles. The standard InChI is InChI=1S/C22H32N6/c1-4-28(5-2)12-6-10-25-15-16-7-8-19-17(13-16)14-20(27-19)18-9-11-26-22(24-3)21(18)23/h7-9,11,13-14,25,27H,4-6,10,12,15,23H2,1-3H3,(H,24,26). The van der Waals surface area contributed by atoms with E-state index in [0.717, 1.165) is 49.5 Å². The van der Waals surface area contributed by atoms with Gasteiger partial charge in [0.05, 0.1) is 5.69 Å². The number of fused-ring (bicyclic) bond motifs is 1. The summed E-state index contributed by atoms with van der Waals surface area (Å²) in [7, 11) is 1.83. The summed E-state index contributed by atoms with van der Waals surface area (Å²) in [6.45, 7) is 9.76. The first-order chi connectivity index (χ1) is 13.7. The number of anilines is 2. The predicted molar refractivity (Wildman–Crippen MR) is 120 cm³/mol. The number of nitrogens with zero attached hydrogens (tertiary/aromatic N) is 2. The fourth-order valence-corrected chi connectivity index (χ4v) is 3.54. The molecular formula is C22H32N6. The number of nitrogens with one attached hydrogen (secondary N) is 3. The van der Waals surface area contributed by atoms with Crippen LogP contribution in [-0.2, 0) is 6.54 Å². The van der Waals surface area contributed by atoms with Gasteiger partial charge in [0.2, 0.25) is 0 Å². The highest BCUT2D eigenvalue weighted by Crippen LogP contribution is 2.31. The van der Waals surface area contributed by atoms with Gasteiger partial charge in [-0.15, -0.1) is 0 Å². The summed E-state index contributed by atoms with van der Waals surface area (Å²) in [5.74, 6) is 0.700. The number of aromatic nitrogens is 2. The smallest absolute Gasteiger partial charge is 0.149 e. The van der Waals surface area contributed by atoms with Gasteiger partial charge in [-0.05, 0) is 62.4 Å². The zero-order valence-electron chi connectivity index (χ0n) is 17.2. The van der Waals surface area contributed by atoms with E-state index in [1.54, 1.807) is 6.20 Å². The molecule has 0 radical (unpaired) electrons. The van der Waals surface area contributed by atoms with Crippen LogP contribution in [0.1, 0.15) is 25.8 Å². The van der Waals surface area contributed by atoms with Gasteiger partial charge in [0.15, 0.2) is 0 Å². The minimum Gasteiger partial charge on any atom is -0.395 e. The summed E-state index contributed by atoms with van der Waals surface area (Å²) < 4.78 is 0. The van der Waals surface area contributed by atoms with E-state index < -0.39 is 0 Å². The molecule has 0 spiro atoms. The van der Waals surface area contributed by atoms with E-state index in [4.69, 9.17) is 5.73 Å². The Morgan fingerprint density at radius 2 is 1.96 bits per heavy atom. The van der Waals surface area contributed by atoms with Crippen LogP contribution >= 0.6 is 0 Å². The number of benzene rings is 1. The fraction of sp³-hybridized carbons (Fsp3) is 0.409. The number of H-pyrrole nitrogens is 1. The second kappa shape index (κ2) is 9.57. The van der Waals surface area contributed by atoms with Crippen molar-refractivity contribution in [1.82, 2.24) is 20.2 Å². The first-order valence-electron chi connectivity index (χ1n) is 10.1. The van der Waals surface area contributed by atoms with Crippen molar-refractivity contribution in [2.24, 2.45) is 0 Å². The number of aromatic amines is 1. The van der Waals surface area contributed by atoms with Crippen molar-refractivity contribution in [3.8, 4) is 11.3 Å². The van der Waals surface area contributed by atoms with Crippen LogP contribution < -0.4 is 16.4 Å². The van der Waals surface area contributed by atoms with Crippen LogP contribution in [-0.4, -0.2) is 48.1 Å². The highest BCUT2D eigenvalue weighted by Gasteiger charge is 2.10. The van der Waals surface area contributed by atoms with E-state index in [0.29, 0.717) is 11.5 Å². The quantitative estimate of drug-likeness (QED) is 0.404. The number of rotatable bonds is 10. The average molecular weight is 381 g/mol. The lowest BCUT2D eigenvalue weighted by Gasteiger charge is -2.17. The molecule has 0 aliphatic heterocycles. The van der Waals surface area contributed by atoms with Crippen LogP contribution in [0, 0.1) is 0 Å².